The summed E-state index contributed by atoms with van der Waals surface area (Å²) in [6.07, 6.45) is 5.29. The molecule has 0 radical (unpaired) electrons. The SMILES string of the molecule is CN(CCNc1cc(Br)cc(C(=O)O)c1)C1CCCC1. The number of rotatable bonds is 6. The molecular weight excluding hydrogens is 320 g/mol. The van der Waals surface area contributed by atoms with E-state index in [9.17, 15) is 4.79 Å². The highest BCUT2D eigenvalue weighted by atomic mass is 79.9. The maximum Gasteiger partial charge on any atom is 0.335 e. The molecule has 0 saturated heterocycles. The van der Waals surface area contributed by atoms with Gasteiger partial charge in [0.1, 0.15) is 0 Å². The fraction of sp³-hybridized carbons (Fsp3) is 0.533. The van der Waals surface area contributed by atoms with Crippen LogP contribution >= 0.6 is 15.9 Å². The fourth-order valence-corrected chi connectivity index (χ4v) is 3.21. The minimum atomic E-state index is -0.905. The lowest BCUT2D eigenvalue weighted by Gasteiger charge is -2.24. The normalized spacial score (nSPS) is 15.8. The Morgan fingerprint density at radius 3 is 2.75 bits per heavy atom. The molecule has 0 atom stereocenters. The molecule has 1 aliphatic rings. The number of nitrogens with zero attached hydrogens (tertiary/aromatic N) is 1. The number of likely N-dealkylation sites (N-methyl/N-ethyl adjacent to an activating group) is 1. The van der Waals surface area contributed by atoms with Crippen LogP contribution in [0.25, 0.3) is 0 Å². The second-order valence-electron chi connectivity index (χ2n) is 5.38. The van der Waals surface area contributed by atoms with Crippen molar-refractivity contribution < 1.29 is 9.90 Å². The molecule has 1 saturated carbocycles. The molecule has 0 amide bonds. The number of carboxylic acid groups (broad SMARTS) is 1. The Morgan fingerprint density at radius 2 is 2.10 bits per heavy atom. The molecule has 0 bridgehead atoms. The van der Waals surface area contributed by atoms with Crippen LogP contribution in [0.2, 0.25) is 0 Å². The first-order valence-electron chi connectivity index (χ1n) is 7.04. The first-order valence-corrected chi connectivity index (χ1v) is 7.83. The molecule has 0 unspecified atom stereocenters. The second kappa shape index (κ2) is 7.09. The van der Waals surface area contributed by atoms with E-state index < -0.39 is 5.97 Å². The van der Waals surface area contributed by atoms with E-state index in [0.29, 0.717) is 11.6 Å². The van der Waals surface area contributed by atoms with Crippen molar-refractivity contribution in [2.45, 2.75) is 31.7 Å². The van der Waals surface area contributed by atoms with Gasteiger partial charge in [-0.25, -0.2) is 4.79 Å². The van der Waals surface area contributed by atoms with E-state index in [4.69, 9.17) is 5.11 Å². The molecule has 1 aromatic carbocycles. The Kier molecular flexibility index (Phi) is 5.43. The third kappa shape index (κ3) is 4.21. The molecule has 20 heavy (non-hydrogen) atoms. The molecule has 0 aromatic heterocycles. The summed E-state index contributed by atoms with van der Waals surface area (Å²) in [5.74, 6) is -0.905. The van der Waals surface area contributed by atoms with Crippen LogP contribution in [0.1, 0.15) is 36.0 Å². The third-order valence-corrected chi connectivity index (χ3v) is 4.34. The molecule has 110 valence electrons. The minimum absolute atomic E-state index is 0.297. The Morgan fingerprint density at radius 1 is 1.40 bits per heavy atom. The van der Waals surface area contributed by atoms with Crippen molar-refractivity contribution in [3.05, 3.63) is 28.2 Å². The van der Waals surface area contributed by atoms with E-state index in [1.54, 1.807) is 12.1 Å². The van der Waals surface area contributed by atoms with Crippen molar-refractivity contribution >= 4 is 27.6 Å². The van der Waals surface area contributed by atoms with Gasteiger partial charge in [-0.05, 0) is 38.1 Å². The van der Waals surface area contributed by atoms with Gasteiger partial charge in [-0.1, -0.05) is 28.8 Å². The first kappa shape index (κ1) is 15.3. The molecule has 4 nitrogen and oxygen atoms in total. The number of carbonyl (C=O) groups is 1. The topological polar surface area (TPSA) is 52.6 Å². The summed E-state index contributed by atoms with van der Waals surface area (Å²) in [6, 6.07) is 5.90. The predicted molar refractivity (Wildman–Crippen MR) is 84.5 cm³/mol. The lowest BCUT2D eigenvalue weighted by atomic mass is 10.2. The zero-order valence-corrected chi connectivity index (χ0v) is 13.3. The van der Waals surface area contributed by atoms with Crippen LogP contribution in [-0.4, -0.2) is 42.2 Å². The van der Waals surface area contributed by atoms with Crippen LogP contribution in [0.3, 0.4) is 0 Å². The monoisotopic (exact) mass is 340 g/mol. The van der Waals surface area contributed by atoms with E-state index in [-0.39, 0.29) is 0 Å². The molecule has 2 rings (SSSR count). The van der Waals surface area contributed by atoms with E-state index >= 15 is 0 Å². The van der Waals surface area contributed by atoms with Gasteiger partial charge in [-0.3, -0.25) is 0 Å². The van der Waals surface area contributed by atoms with E-state index in [1.807, 2.05) is 6.07 Å². The maximum absolute atomic E-state index is 11.0. The highest BCUT2D eigenvalue weighted by molar-refractivity contribution is 9.10. The average Bonchev–Trinajstić information content (AvgIpc) is 2.91. The predicted octanol–water partition coefficient (Wildman–Crippen LogP) is 3.43. The molecule has 0 heterocycles. The number of hydrogen-bond acceptors (Lipinski definition) is 3. The van der Waals surface area contributed by atoms with Gasteiger partial charge in [-0.15, -0.1) is 0 Å². The molecule has 0 spiro atoms. The number of halogens is 1. The van der Waals surface area contributed by atoms with Crippen molar-refractivity contribution in [1.29, 1.82) is 0 Å². The molecule has 0 aliphatic heterocycles. The number of anilines is 1. The summed E-state index contributed by atoms with van der Waals surface area (Å²) in [5, 5.41) is 12.3. The number of carboxylic acids is 1. The van der Waals surface area contributed by atoms with Crippen molar-refractivity contribution in [3.63, 3.8) is 0 Å². The number of hydrogen-bond donors (Lipinski definition) is 2. The summed E-state index contributed by atoms with van der Waals surface area (Å²) in [4.78, 5) is 13.4. The van der Waals surface area contributed by atoms with Crippen molar-refractivity contribution in [2.24, 2.45) is 0 Å². The summed E-state index contributed by atoms with van der Waals surface area (Å²) in [6.45, 7) is 1.79. The van der Waals surface area contributed by atoms with Gasteiger partial charge in [0.25, 0.3) is 0 Å². The minimum Gasteiger partial charge on any atom is -0.478 e. The van der Waals surface area contributed by atoms with Gasteiger partial charge < -0.3 is 15.3 Å². The summed E-state index contributed by atoms with van der Waals surface area (Å²) in [5.41, 5.74) is 1.14. The lowest BCUT2D eigenvalue weighted by molar-refractivity contribution is 0.0697. The van der Waals surface area contributed by atoms with Gasteiger partial charge in [0, 0.05) is 29.3 Å². The quantitative estimate of drug-likeness (QED) is 0.832. The summed E-state index contributed by atoms with van der Waals surface area (Å²) >= 11 is 3.34. The highest BCUT2D eigenvalue weighted by Crippen LogP contribution is 2.22. The molecule has 5 heteroatoms. The Balaban J connectivity index is 1.85. The molecule has 1 fully saturated rings. The van der Waals surface area contributed by atoms with E-state index in [2.05, 4.69) is 33.2 Å². The lowest BCUT2D eigenvalue weighted by Crippen LogP contribution is -2.33. The van der Waals surface area contributed by atoms with Crippen LogP contribution in [0.5, 0.6) is 0 Å². The van der Waals surface area contributed by atoms with E-state index in [1.165, 1.54) is 25.7 Å². The summed E-state index contributed by atoms with van der Waals surface area (Å²) in [7, 11) is 2.17. The standard InChI is InChI=1S/C15H21BrN2O2/c1-18(14-4-2-3-5-14)7-6-17-13-9-11(15(19)20)8-12(16)10-13/h8-10,14,17H,2-7H2,1H3,(H,19,20). The van der Waals surface area contributed by atoms with Crippen LogP contribution in [0.15, 0.2) is 22.7 Å². The largest absolute Gasteiger partial charge is 0.478 e. The molecule has 1 aliphatic carbocycles. The van der Waals surface area contributed by atoms with Crippen molar-refractivity contribution in [3.8, 4) is 0 Å². The van der Waals surface area contributed by atoms with Gasteiger partial charge in [0.05, 0.1) is 5.56 Å². The highest BCUT2D eigenvalue weighted by Gasteiger charge is 2.18. The Bertz CT molecular complexity index is 473. The third-order valence-electron chi connectivity index (χ3n) is 3.89. The fourth-order valence-electron chi connectivity index (χ4n) is 2.72. The first-order chi connectivity index (χ1) is 9.56. The van der Waals surface area contributed by atoms with Crippen LogP contribution in [0.4, 0.5) is 5.69 Å². The molecule has 2 N–H and O–H groups in total. The number of benzene rings is 1. The number of aromatic carboxylic acids is 1. The molecule has 1 aromatic rings. The van der Waals surface area contributed by atoms with Crippen molar-refractivity contribution in [2.75, 3.05) is 25.5 Å². The Hall–Kier alpha value is -1.07. The smallest absolute Gasteiger partial charge is 0.335 e. The van der Waals surface area contributed by atoms with Gasteiger partial charge in [0.2, 0.25) is 0 Å². The van der Waals surface area contributed by atoms with Gasteiger partial charge >= 0.3 is 5.97 Å². The Labute approximate surface area is 128 Å². The zero-order chi connectivity index (χ0) is 14.5. The van der Waals surface area contributed by atoms with Crippen LogP contribution in [0, 0.1) is 0 Å². The van der Waals surface area contributed by atoms with E-state index in [0.717, 1.165) is 23.2 Å². The number of nitrogens with one attached hydrogen (secondary N) is 1. The van der Waals surface area contributed by atoms with Crippen LogP contribution < -0.4 is 5.32 Å². The maximum atomic E-state index is 11.0. The average molecular weight is 341 g/mol. The summed E-state index contributed by atoms with van der Waals surface area (Å²) < 4.78 is 0.782. The zero-order valence-electron chi connectivity index (χ0n) is 11.7. The second-order valence-corrected chi connectivity index (χ2v) is 6.30. The van der Waals surface area contributed by atoms with Crippen LogP contribution in [-0.2, 0) is 0 Å². The van der Waals surface area contributed by atoms with Crippen molar-refractivity contribution in [1.82, 2.24) is 4.90 Å². The van der Waals surface area contributed by atoms with Gasteiger partial charge in [0.15, 0.2) is 0 Å². The molecular formula is C15H21BrN2O2. The van der Waals surface area contributed by atoms with Gasteiger partial charge in [-0.2, -0.15) is 0 Å².